The molecule has 0 aromatic heterocycles. The Hall–Kier alpha value is -3.09. The number of fused-ring (bicyclic) bond motifs is 1. The van der Waals surface area contributed by atoms with Gasteiger partial charge in [0.15, 0.2) is 0 Å². The zero-order valence-electron chi connectivity index (χ0n) is 14.7. The molecule has 0 unspecified atom stereocenters. The molecule has 26 heavy (non-hydrogen) atoms. The molecule has 0 atom stereocenters. The molecular weight excluding hydrogens is 332 g/mol. The summed E-state index contributed by atoms with van der Waals surface area (Å²) < 4.78 is 0. The minimum atomic E-state index is -0.354. The van der Waals surface area contributed by atoms with Crippen LogP contribution in [0.5, 0.6) is 0 Å². The van der Waals surface area contributed by atoms with Crippen molar-refractivity contribution >= 4 is 28.7 Å². The lowest BCUT2D eigenvalue weighted by molar-refractivity contribution is -0.384. The molecule has 2 aromatic rings. The fourth-order valence-electron chi connectivity index (χ4n) is 3.08. The molecule has 2 aromatic carbocycles. The number of benzene rings is 2. The van der Waals surface area contributed by atoms with Crippen molar-refractivity contribution in [3.8, 4) is 0 Å². The topological polar surface area (TPSA) is 96.3 Å². The number of rotatable bonds is 7. The van der Waals surface area contributed by atoms with Gasteiger partial charge in [-0.2, -0.15) is 0 Å². The fraction of sp³-hybridized carbons (Fsp3) is 0.316. The van der Waals surface area contributed by atoms with E-state index in [0.717, 1.165) is 41.9 Å². The standard InChI is InChI=1S/C19H22N4O3/c1-2-3-18(24)22-14-6-4-13(5-7-14)12-21-19-15-10-11-20-16(15)8-9-17(19)23(25)26/h4-9,20-21H,2-3,10-12H2,1H3,(H,22,24). The maximum atomic E-state index is 11.6. The summed E-state index contributed by atoms with van der Waals surface area (Å²) in [7, 11) is 0. The van der Waals surface area contributed by atoms with E-state index in [0.29, 0.717) is 18.7 Å². The van der Waals surface area contributed by atoms with Gasteiger partial charge in [-0.05, 0) is 36.6 Å². The van der Waals surface area contributed by atoms with Crippen molar-refractivity contribution in [2.24, 2.45) is 0 Å². The van der Waals surface area contributed by atoms with E-state index in [1.54, 1.807) is 6.07 Å². The Morgan fingerprint density at radius 3 is 2.69 bits per heavy atom. The number of nitrogens with zero attached hydrogens (tertiary/aromatic N) is 1. The predicted octanol–water partition coefficient (Wildman–Crippen LogP) is 3.91. The molecule has 1 aliphatic rings. The smallest absolute Gasteiger partial charge is 0.292 e. The molecule has 0 fully saturated rings. The first-order valence-corrected chi connectivity index (χ1v) is 8.75. The van der Waals surface area contributed by atoms with Gasteiger partial charge in [-0.25, -0.2) is 0 Å². The first-order valence-electron chi connectivity index (χ1n) is 8.75. The minimum Gasteiger partial charge on any atom is -0.384 e. The van der Waals surface area contributed by atoms with Crippen LogP contribution in [-0.2, 0) is 17.8 Å². The Labute approximate surface area is 152 Å². The lowest BCUT2D eigenvalue weighted by atomic mass is 10.1. The number of hydrogen-bond acceptors (Lipinski definition) is 5. The van der Waals surface area contributed by atoms with E-state index in [2.05, 4.69) is 16.0 Å². The molecule has 0 saturated heterocycles. The molecule has 136 valence electrons. The lowest BCUT2D eigenvalue weighted by Gasteiger charge is -2.12. The van der Waals surface area contributed by atoms with Crippen LogP contribution in [0.2, 0.25) is 0 Å². The molecule has 0 bridgehead atoms. The maximum absolute atomic E-state index is 11.6. The minimum absolute atomic E-state index is 0.00125. The highest BCUT2D eigenvalue weighted by molar-refractivity contribution is 5.90. The van der Waals surface area contributed by atoms with E-state index in [1.165, 1.54) is 6.07 Å². The molecule has 0 saturated carbocycles. The molecule has 0 spiro atoms. The summed E-state index contributed by atoms with van der Waals surface area (Å²) in [5.74, 6) is 0.00125. The molecule has 1 heterocycles. The van der Waals surface area contributed by atoms with Crippen LogP contribution < -0.4 is 16.0 Å². The van der Waals surface area contributed by atoms with Crippen molar-refractivity contribution in [3.63, 3.8) is 0 Å². The Morgan fingerprint density at radius 1 is 1.23 bits per heavy atom. The predicted molar refractivity (Wildman–Crippen MR) is 103 cm³/mol. The van der Waals surface area contributed by atoms with Gasteiger partial charge in [-0.1, -0.05) is 19.1 Å². The van der Waals surface area contributed by atoms with Gasteiger partial charge >= 0.3 is 0 Å². The van der Waals surface area contributed by atoms with Gasteiger partial charge in [0, 0.05) is 42.5 Å². The molecule has 1 amide bonds. The SMILES string of the molecule is CCCC(=O)Nc1ccc(CNc2c([N+](=O)[O-])ccc3c2CCN3)cc1. The summed E-state index contributed by atoms with van der Waals surface area (Å²) in [4.78, 5) is 22.6. The Balaban J connectivity index is 1.71. The molecule has 0 radical (unpaired) electrons. The van der Waals surface area contributed by atoms with Gasteiger partial charge in [-0.3, -0.25) is 14.9 Å². The van der Waals surface area contributed by atoms with E-state index >= 15 is 0 Å². The largest absolute Gasteiger partial charge is 0.384 e. The van der Waals surface area contributed by atoms with Crippen LogP contribution in [0.25, 0.3) is 0 Å². The molecule has 3 rings (SSSR count). The number of anilines is 3. The summed E-state index contributed by atoms with van der Waals surface area (Å²) in [6.45, 7) is 3.22. The molecule has 0 aliphatic carbocycles. The van der Waals surface area contributed by atoms with E-state index in [1.807, 2.05) is 31.2 Å². The van der Waals surface area contributed by atoms with E-state index in [9.17, 15) is 14.9 Å². The van der Waals surface area contributed by atoms with E-state index < -0.39 is 0 Å². The van der Waals surface area contributed by atoms with Crippen LogP contribution in [-0.4, -0.2) is 17.4 Å². The van der Waals surface area contributed by atoms with Crippen LogP contribution in [0.15, 0.2) is 36.4 Å². The quantitative estimate of drug-likeness (QED) is 0.517. The van der Waals surface area contributed by atoms with Crippen LogP contribution in [0.4, 0.5) is 22.7 Å². The number of carbonyl (C=O) groups is 1. The van der Waals surface area contributed by atoms with Gasteiger partial charge in [0.2, 0.25) is 5.91 Å². The third-order valence-electron chi connectivity index (χ3n) is 4.36. The maximum Gasteiger partial charge on any atom is 0.292 e. The number of amides is 1. The van der Waals surface area contributed by atoms with E-state index in [-0.39, 0.29) is 16.5 Å². The monoisotopic (exact) mass is 354 g/mol. The van der Waals surface area contributed by atoms with Gasteiger partial charge < -0.3 is 16.0 Å². The van der Waals surface area contributed by atoms with Crippen molar-refractivity contribution in [3.05, 3.63) is 57.6 Å². The summed E-state index contributed by atoms with van der Waals surface area (Å²) in [5.41, 5.74) is 4.32. The molecule has 7 nitrogen and oxygen atoms in total. The lowest BCUT2D eigenvalue weighted by Crippen LogP contribution is -2.10. The number of carbonyl (C=O) groups excluding carboxylic acids is 1. The summed E-state index contributed by atoms with van der Waals surface area (Å²) in [6.07, 6.45) is 2.07. The van der Waals surface area contributed by atoms with Crippen molar-refractivity contribution in [2.75, 3.05) is 22.5 Å². The second-order valence-electron chi connectivity index (χ2n) is 6.27. The van der Waals surface area contributed by atoms with Crippen molar-refractivity contribution in [1.29, 1.82) is 0 Å². The highest BCUT2D eigenvalue weighted by Gasteiger charge is 2.23. The van der Waals surface area contributed by atoms with Gasteiger partial charge in [0.1, 0.15) is 5.69 Å². The van der Waals surface area contributed by atoms with E-state index in [4.69, 9.17) is 0 Å². The number of nitrogens with one attached hydrogen (secondary N) is 3. The zero-order valence-corrected chi connectivity index (χ0v) is 14.7. The summed E-state index contributed by atoms with van der Waals surface area (Å²) in [5, 5.41) is 20.6. The fourth-order valence-corrected chi connectivity index (χ4v) is 3.08. The van der Waals surface area contributed by atoms with Gasteiger partial charge in [-0.15, -0.1) is 0 Å². The average molecular weight is 354 g/mol. The van der Waals surface area contributed by atoms with Crippen LogP contribution >= 0.6 is 0 Å². The highest BCUT2D eigenvalue weighted by atomic mass is 16.6. The Kier molecular flexibility index (Phi) is 5.36. The van der Waals surface area contributed by atoms with Crippen molar-refractivity contribution in [1.82, 2.24) is 0 Å². The average Bonchev–Trinajstić information content (AvgIpc) is 3.09. The Bertz CT molecular complexity index is 818. The van der Waals surface area contributed by atoms with Crippen LogP contribution in [0.1, 0.15) is 30.9 Å². The van der Waals surface area contributed by atoms with Gasteiger partial charge in [0.05, 0.1) is 4.92 Å². The molecule has 1 aliphatic heterocycles. The number of hydrogen-bond donors (Lipinski definition) is 3. The van der Waals surface area contributed by atoms with Gasteiger partial charge in [0.25, 0.3) is 5.69 Å². The molecular formula is C19H22N4O3. The second kappa shape index (κ2) is 7.86. The summed E-state index contributed by atoms with van der Waals surface area (Å²) in [6, 6.07) is 10.8. The number of nitro benzene ring substituents is 1. The second-order valence-corrected chi connectivity index (χ2v) is 6.27. The highest BCUT2D eigenvalue weighted by Crippen LogP contribution is 2.37. The third kappa shape index (κ3) is 3.93. The molecule has 7 heteroatoms. The third-order valence-corrected chi connectivity index (χ3v) is 4.36. The number of nitro groups is 1. The Morgan fingerprint density at radius 2 is 2.00 bits per heavy atom. The van der Waals surface area contributed by atoms with Crippen LogP contribution in [0, 0.1) is 10.1 Å². The molecule has 3 N–H and O–H groups in total. The van der Waals surface area contributed by atoms with Crippen LogP contribution in [0.3, 0.4) is 0 Å². The van der Waals surface area contributed by atoms with Crippen molar-refractivity contribution in [2.45, 2.75) is 32.7 Å². The van der Waals surface area contributed by atoms with Crippen molar-refractivity contribution < 1.29 is 9.72 Å². The normalized spacial score (nSPS) is 12.2. The zero-order chi connectivity index (χ0) is 18.5. The first-order chi connectivity index (χ1) is 12.6. The summed E-state index contributed by atoms with van der Waals surface area (Å²) >= 11 is 0. The first kappa shape index (κ1) is 17.7.